The Morgan fingerprint density at radius 2 is 2.00 bits per heavy atom. The van der Waals surface area contributed by atoms with E-state index in [9.17, 15) is 9.59 Å². The standard InChI is InChI=1S/C16H25NO4S/c1-6-12-11(2)10-13(22-12)14(18)20-9-7-8-17-15(19)21-16(3,4)5/h10H,6-9H2,1-5H3,(H,17,19). The van der Waals surface area contributed by atoms with Gasteiger partial charge >= 0.3 is 12.1 Å². The van der Waals surface area contributed by atoms with Gasteiger partial charge in [0.05, 0.1) is 6.61 Å². The molecule has 0 radical (unpaired) electrons. The Morgan fingerprint density at radius 3 is 2.55 bits per heavy atom. The summed E-state index contributed by atoms with van der Waals surface area (Å²) in [5, 5.41) is 2.63. The van der Waals surface area contributed by atoms with E-state index in [1.807, 2.05) is 33.8 Å². The van der Waals surface area contributed by atoms with E-state index in [0.29, 0.717) is 17.8 Å². The molecule has 1 aromatic rings. The van der Waals surface area contributed by atoms with E-state index < -0.39 is 11.7 Å². The van der Waals surface area contributed by atoms with Gasteiger partial charge in [-0.05, 0) is 52.2 Å². The molecule has 0 aliphatic carbocycles. The van der Waals surface area contributed by atoms with E-state index in [2.05, 4.69) is 12.2 Å². The third kappa shape index (κ3) is 6.47. The molecule has 5 nitrogen and oxygen atoms in total. The Kier molecular flexibility index (Phi) is 6.87. The van der Waals surface area contributed by atoms with Crippen LogP contribution in [-0.2, 0) is 15.9 Å². The van der Waals surface area contributed by atoms with Gasteiger partial charge < -0.3 is 14.8 Å². The van der Waals surface area contributed by atoms with Crippen molar-refractivity contribution in [2.75, 3.05) is 13.2 Å². The number of ether oxygens (including phenoxy) is 2. The molecule has 0 fully saturated rings. The molecule has 0 spiro atoms. The maximum Gasteiger partial charge on any atom is 0.407 e. The maximum atomic E-state index is 11.9. The number of carbonyl (C=O) groups excluding carboxylic acids is 2. The Morgan fingerprint density at radius 1 is 1.32 bits per heavy atom. The van der Waals surface area contributed by atoms with Crippen LogP contribution in [0, 0.1) is 6.92 Å². The first-order chi connectivity index (χ1) is 10.2. The molecule has 0 aliphatic heterocycles. The molecule has 1 rings (SSSR count). The van der Waals surface area contributed by atoms with Gasteiger partial charge in [0.2, 0.25) is 0 Å². The average Bonchev–Trinajstić information content (AvgIpc) is 2.77. The first-order valence-electron chi connectivity index (χ1n) is 7.46. The molecule has 0 unspecified atom stereocenters. The van der Waals surface area contributed by atoms with Crippen LogP contribution >= 0.6 is 11.3 Å². The second kappa shape index (κ2) is 8.17. The molecule has 6 heteroatoms. The highest BCUT2D eigenvalue weighted by atomic mass is 32.1. The lowest BCUT2D eigenvalue weighted by Crippen LogP contribution is -2.33. The zero-order valence-electron chi connectivity index (χ0n) is 13.9. The number of aryl methyl sites for hydroxylation is 2. The van der Waals surface area contributed by atoms with E-state index in [4.69, 9.17) is 9.47 Å². The van der Waals surface area contributed by atoms with Gasteiger partial charge in [-0.25, -0.2) is 9.59 Å². The van der Waals surface area contributed by atoms with Gasteiger partial charge in [0.15, 0.2) is 0 Å². The predicted molar refractivity (Wildman–Crippen MR) is 87.6 cm³/mol. The Hall–Kier alpha value is -1.56. The molecule has 0 atom stereocenters. The second-order valence-corrected chi connectivity index (χ2v) is 7.13. The molecule has 124 valence electrons. The summed E-state index contributed by atoms with van der Waals surface area (Å²) in [4.78, 5) is 25.1. The molecule has 0 bridgehead atoms. The topological polar surface area (TPSA) is 64.6 Å². The number of nitrogens with one attached hydrogen (secondary N) is 1. The van der Waals surface area contributed by atoms with Crippen molar-refractivity contribution in [2.24, 2.45) is 0 Å². The minimum absolute atomic E-state index is 0.271. The average molecular weight is 327 g/mol. The van der Waals surface area contributed by atoms with Crippen LogP contribution in [0.2, 0.25) is 0 Å². The summed E-state index contributed by atoms with van der Waals surface area (Å²) in [6, 6.07) is 1.87. The van der Waals surface area contributed by atoms with E-state index >= 15 is 0 Å². The van der Waals surface area contributed by atoms with Gasteiger partial charge in [0, 0.05) is 11.4 Å². The summed E-state index contributed by atoms with van der Waals surface area (Å²) in [6.45, 7) is 10.2. The summed E-state index contributed by atoms with van der Waals surface area (Å²) in [5.41, 5.74) is 0.621. The number of esters is 1. The fourth-order valence-corrected chi connectivity index (χ4v) is 2.79. The Bertz CT molecular complexity index is 517. The largest absolute Gasteiger partial charge is 0.461 e. The Balaban J connectivity index is 2.24. The van der Waals surface area contributed by atoms with Gasteiger partial charge in [-0.15, -0.1) is 11.3 Å². The van der Waals surface area contributed by atoms with Crippen LogP contribution in [0.15, 0.2) is 6.07 Å². The van der Waals surface area contributed by atoms with Crippen LogP contribution in [0.1, 0.15) is 54.2 Å². The SMILES string of the molecule is CCc1sc(C(=O)OCCCNC(=O)OC(C)(C)C)cc1C. The monoisotopic (exact) mass is 327 g/mol. The van der Waals surface area contributed by atoms with Crippen LogP contribution in [0.3, 0.4) is 0 Å². The van der Waals surface area contributed by atoms with Crippen molar-refractivity contribution >= 4 is 23.4 Å². The van der Waals surface area contributed by atoms with Gasteiger partial charge in [0.25, 0.3) is 0 Å². The summed E-state index contributed by atoms with van der Waals surface area (Å²) >= 11 is 1.48. The van der Waals surface area contributed by atoms with Crippen molar-refractivity contribution in [1.29, 1.82) is 0 Å². The zero-order chi connectivity index (χ0) is 16.8. The summed E-state index contributed by atoms with van der Waals surface area (Å²) < 4.78 is 10.3. The highest BCUT2D eigenvalue weighted by Gasteiger charge is 2.16. The fourth-order valence-electron chi connectivity index (χ4n) is 1.78. The number of hydrogen-bond donors (Lipinski definition) is 1. The fraction of sp³-hybridized carbons (Fsp3) is 0.625. The third-order valence-corrected chi connectivity index (χ3v) is 4.13. The number of thiophene rings is 1. The third-order valence-electron chi connectivity index (χ3n) is 2.77. The molecular weight excluding hydrogens is 302 g/mol. The van der Waals surface area contributed by atoms with Crippen LogP contribution < -0.4 is 5.32 Å². The minimum Gasteiger partial charge on any atom is -0.461 e. The van der Waals surface area contributed by atoms with Crippen LogP contribution in [-0.4, -0.2) is 30.8 Å². The summed E-state index contributed by atoms with van der Waals surface area (Å²) in [5.74, 6) is -0.301. The zero-order valence-corrected chi connectivity index (χ0v) is 14.8. The molecule has 0 saturated heterocycles. The lowest BCUT2D eigenvalue weighted by molar-refractivity contribution is 0.0487. The lowest BCUT2D eigenvalue weighted by atomic mass is 10.2. The maximum absolute atomic E-state index is 11.9. The molecule has 0 aromatic carbocycles. The van der Waals surface area contributed by atoms with Gasteiger partial charge in [-0.3, -0.25) is 0 Å². The quantitative estimate of drug-likeness (QED) is 0.639. The van der Waals surface area contributed by atoms with Crippen molar-refractivity contribution in [3.63, 3.8) is 0 Å². The van der Waals surface area contributed by atoms with Crippen molar-refractivity contribution in [3.8, 4) is 0 Å². The van der Waals surface area contributed by atoms with Crippen molar-refractivity contribution in [3.05, 3.63) is 21.4 Å². The first kappa shape index (κ1) is 18.5. The number of hydrogen-bond acceptors (Lipinski definition) is 5. The summed E-state index contributed by atoms with van der Waals surface area (Å²) in [6.07, 6.45) is 1.01. The number of carbonyl (C=O) groups is 2. The van der Waals surface area contributed by atoms with Crippen LogP contribution in [0.25, 0.3) is 0 Å². The molecule has 0 saturated carbocycles. The van der Waals surface area contributed by atoms with Crippen LogP contribution in [0.5, 0.6) is 0 Å². The normalized spacial score (nSPS) is 11.1. The van der Waals surface area contributed by atoms with Crippen molar-refractivity contribution in [2.45, 2.75) is 53.1 Å². The molecular formula is C16H25NO4S. The van der Waals surface area contributed by atoms with Crippen molar-refractivity contribution in [1.82, 2.24) is 5.32 Å². The van der Waals surface area contributed by atoms with Gasteiger partial charge in [-0.1, -0.05) is 6.92 Å². The highest BCUT2D eigenvalue weighted by Crippen LogP contribution is 2.22. The van der Waals surface area contributed by atoms with E-state index in [0.717, 1.165) is 12.0 Å². The number of amides is 1. The number of alkyl carbamates (subject to hydrolysis) is 1. The van der Waals surface area contributed by atoms with E-state index in [1.54, 1.807) is 0 Å². The molecule has 1 heterocycles. The van der Waals surface area contributed by atoms with Crippen LogP contribution in [0.4, 0.5) is 4.79 Å². The molecule has 1 N–H and O–H groups in total. The smallest absolute Gasteiger partial charge is 0.407 e. The van der Waals surface area contributed by atoms with E-state index in [-0.39, 0.29) is 12.6 Å². The van der Waals surface area contributed by atoms with E-state index in [1.165, 1.54) is 16.2 Å². The molecule has 1 aromatic heterocycles. The van der Waals surface area contributed by atoms with Gasteiger partial charge in [-0.2, -0.15) is 0 Å². The summed E-state index contributed by atoms with van der Waals surface area (Å²) in [7, 11) is 0. The first-order valence-corrected chi connectivity index (χ1v) is 8.28. The minimum atomic E-state index is -0.509. The molecule has 22 heavy (non-hydrogen) atoms. The number of rotatable bonds is 6. The second-order valence-electron chi connectivity index (χ2n) is 5.99. The molecule has 1 amide bonds. The highest BCUT2D eigenvalue weighted by molar-refractivity contribution is 7.14. The Labute approximate surface area is 136 Å². The van der Waals surface area contributed by atoms with Crippen molar-refractivity contribution < 1.29 is 19.1 Å². The molecule has 0 aliphatic rings. The lowest BCUT2D eigenvalue weighted by Gasteiger charge is -2.19. The predicted octanol–water partition coefficient (Wildman–Crippen LogP) is 3.69. The van der Waals surface area contributed by atoms with Gasteiger partial charge in [0.1, 0.15) is 10.5 Å².